The van der Waals surface area contributed by atoms with Crippen LogP contribution in [0.5, 0.6) is 11.5 Å². The Hall–Kier alpha value is -1.66. The predicted octanol–water partition coefficient (Wildman–Crippen LogP) is 3.66. The zero-order valence-electron chi connectivity index (χ0n) is 13.0. The van der Waals surface area contributed by atoms with Crippen LogP contribution >= 0.6 is 23.1 Å². The van der Waals surface area contributed by atoms with E-state index < -0.39 is 0 Å². The molecule has 0 unspecified atom stereocenters. The number of thioether (sulfide) groups is 1. The van der Waals surface area contributed by atoms with Crippen LogP contribution in [-0.4, -0.2) is 36.8 Å². The Morgan fingerprint density at radius 1 is 1.26 bits per heavy atom. The van der Waals surface area contributed by atoms with E-state index in [9.17, 15) is 4.79 Å². The fourth-order valence-electron chi connectivity index (χ4n) is 2.21. The van der Waals surface area contributed by atoms with Crippen LogP contribution < -0.4 is 9.47 Å². The van der Waals surface area contributed by atoms with Crippen molar-refractivity contribution in [1.82, 2.24) is 4.90 Å². The Balaban J connectivity index is 1.55. The Morgan fingerprint density at radius 3 is 2.87 bits per heavy atom. The smallest absolute Gasteiger partial charge is 0.233 e. The number of thiophene rings is 1. The van der Waals surface area contributed by atoms with Crippen LogP contribution in [0.2, 0.25) is 0 Å². The van der Waals surface area contributed by atoms with Crippen molar-refractivity contribution in [2.75, 3.05) is 26.0 Å². The number of rotatable bonds is 5. The van der Waals surface area contributed by atoms with E-state index in [0.717, 1.165) is 22.8 Å². The van der Waals surface area contributed by atoms with Crippen molar-refractivity contribution in [3.8, 4) is 11.5 Å². The summed E-state index contributed by atoms with van der Waals surface area (Å²) < 4.78 is 11.3. The fourth-order valence-corrected chi connectivity index (χ4v) is 3.84. The van der Waals surface area contributed by atoms with Crippen LogP contribution in [-0.2, 0) is 11.3 Å². The molecule has 1 aliphatic heterocycles. The van der Waals surface area contributed by atoms with Crippen molar-refractivity contribution < 1.29 is 14.3 Å². The molecular formula is C17H19NO3S2. The van der Waals surface area contributed by atoms with Gasteiger partial charge in [0.05, 0.1) is 25.5 Å². The van der Waals surface area contributed by atoms with Crippen molar-refractivity contribution in [1.29, 1.82) is 0 Å². The number of carbonyl (C=O) groups is 1. The van der Waals surface area contributed by atoms with Gasteiger partial charge in [0, 0.05) is 23.2 Å². The van der Waals surface area contributed by atoms with E-state index in [1.165, 1.54) is 16.6 Å². The highest BCUT2D eigenvalue weighted by Crippen LogP contribution is 2.33. The molecule has 1 aliphatic rings. The first-order chi connectivity index (χ1) is 11.2. The van der Waals surface area contributed by atoms with E-state index in [4.69, 9.17) is 9.47 Å². The summed E-state index contributed by atoms with van der Waals surface area (Å²) in [4.78, 5) is 16.2. The van der Waals surface area contributed by atoms with Crippen LogP contribution in [0.25, 0.3) is 0 Å². The topological polar surface area (TPSA) is 38.8 Å². The molecule has 122 valence electrons. The molecule has 2 aromatic rings. The van der Waals surface area contributed by atoms with Gasteiger partial charge in [0.1, 0.15) is 0 Å². The van der Waals surface area contributed by atoms with Gasteiger partial charge in [-0.15, -0.1) is 23.1 Å². The minimum atomic E-state index is 0.121. The SMILES string of the molecule is CN(Cc1cccs1)C(=O)CSc1ccc2c(c1)OCCCO2. The molecule has 4 nitrogen and oxygen atoms in total. The van der Waals surface area contributed by atoms with Crippen LogP contribution in [0.3, 0.4) is 0 Å². The molecule has 0 atom stereocenters. The van der Waals surface area contributed by atoms with Crippen LogP contribution in [0.15, 0.2) is 40.6 Å². The van der Waals surface area contributed by atoms with Gasteiger partial charge in [0.25, 0.3) is 0 Å². The minimum Gasteiger partial charge on any atom is -0.490 e. The normalized spacial score (nSPS) is 13.4. The maximum Gasteiger partial charge on any atom is 0.233 e. The van der Waals surface area contributed by atoms with E-state index in [1.54, 1.807) is 16.2 Å². The van der Waals surface area contributed by atoms with Gasteiger partial charge in [-0.25, -0.2) is 0 Å². The average Bonchev–Trinajstić information content (AvgIpc) is 2.95. The Kier molecular flexibility index (Phi) is 5.46. The molecule has 0 bridgehead atoms. The minimum absolute atomic E-state index is 0.121. The van der Waals surface area contributed by atoms with Crippen molar-refractivity contribution in [3.63, 3.8) is 0 Å². The quantitative estimate of drug-likeness (QED) is 0.772. The lowest BCUT2D eigenvalue weighted by Crippen LogP contribution is -2.27. The molecule has 6 heteroatoms. The van der Waals surface area contributed by atoms with E-state index in [2.05, 4.69) is 0 Å². The van der Waals surface area contributed by atoms with Crippen LogP contribution in [0, 0.1) is 0 Å². The van der Waals surface area contributed by atoms with E-state index in [-0.39, 0.29) is 5.91 Å². The van der Waals surface area contributed by atoms with E-state index >= 15 is 0 Å². The monoisotopic (exact) mass is 349 g/mol. The molecule has 1 amide bonds. The molecule has 23 heavy (non-hydrogen) atoms. The second-order valence-electron chi connectivity index (χ2n) is 5.28. The van der Waals surface area contributed by atoms with Crippen molar-refractivity contribution in [2.45, 2.75) is 17.9 Å². The van der Waals surface area contributed by atoms with Gasteiger partial charge in [-0.05, 0) is 29.6 Å². The van der Waals surface area contributed by atoms with Gasteiger partial charge < -0.3 is 14.4 Å². The molecule has 0 radical (unpaired) electrons. The number of carbonyl (C=O) groups excluding carboxylic acids is 1. The lowest BCUT2D eigenvalue weighted by atomic mass is 10.3. The van der Waals surface area contributed by atoms with Crippen LogP contribution in [0.4, 0.5) is 0 Å². The van der Waals surface area contributed by atoms with Gasteiger partial charge in [0.2, 0.25) is 5.91 Å². The highest BCUT2D eigenvalue weighted by Gasteiger charge is 2.13. The summed E-state index contributed by atoms with van der Waals surface area (Å²) in [7, 11) is 1.84. The van der Waals surface area contributed by atoms with Gasteiger partial charge >= 0.3 is 0 Å². The molecule has 1 aromatic carbocycles. The molecule has 2 heterocycles. The highest BCUT2D eigenvalue weighted by molar-refractivity contribution is 8.00. The maximum absolute atomic E-state index is 12.2. The van der Waals surface area contributed by atoms with Gasteiger partial charge in [0.15, 0.2) is 11.5 Å². The summed E-state index contributed by atoms with van der Waals surface area (Å²) in [5, 5.41) is 2.03. The van der Waals surface area contributed by atoms with Gasteiger partial charge in [-0.2, -0.15) is 0 Å². The molecule has 3 rings (SSSR count). The van der Waals surface area contributed by atoms with Crippen LogP contribution in [0.1, 0.15) is 11.3 Å². The third kappa shape index (κ3) is 4.42. The number of hydrogen-bond acceptors (Lipinski definition) is 5. The average molecular weight is 349 g/mol. The van der Waals surface area contributed by atoms with Crippen molar-refractivity contribution in [3.05, 3.63) is 40.6 Å². The number of amides is 1. The van der Waals surface area contributed by atoms with E-state index in [1.807, 2.05) is 42.8 Å². The second kappa shape index (κ2) is 7.75. The Labute approximate surface area is 144 Å². The summed E-state index contributed by atoms with van der Waals surface area (Å²) in [5.74, 6) is 2.09. The summed E-state index contributed by atoms with van der Waals surface area (Å²) in [6.45, 7) is 2.02. The standard InChI is InChI=1S/C17H19NO3S2/c1-18(11-14-4-2-9-22-14)17(19)12-23-13-5-6-15-16(10-13)21-8-3-7-20-15/h2,4-6,9-10H,3,7-8,11-12H2,1H3. The third-order valence-electron chi connectivity index (χ3n) is 3.48. The zero-order chi connectivity index (χ0) is 16.1. The molecule has 0 saturated heterocycles. The molecule has 0 N–H and O–H groups in total. The largest absolute Gasteiger partial charge is 0.490 e. The summed E-state index contributed by atoms with van der Waals surface area (Å²) in [5.41, 5.74) is 0. The molecule has 0 aliphatic carbocycles. The first-order valence-corrected chi connectivity index (χ1v) is 9.38. The first kappa shape index (κ1) is 16.2. The highest BCUT2D eigenvalue weighted by atomic mass is 32.2. The fraction of sp³-hybridized carbons (Fsp3) is 0.353. The molecule has 0 saturated carbocycles. The number of nitrogens with zero attached hydrogens (tertiary/aromatic N) is 1. The van der Waals surface area contributed by atoms with Crippen molar-refractivity contribution >= 4 is 29.0 Å². The third-order valence-corrected chi connectivity index (χ3v) is 5.32. The van der Waals surface area contributed by atoms with Crippen molar-refractivity contribution in [2.24, 2.45) is 0 Å². The molecule has 1 aromatic heterocycles. The second-order valence-corrected chi connectivity index (χ2v) is 7.36. The lowest BCUT2D eigenvalue weighted by molar-refractivity contribution is -0.127. The number of hydrogen-bond donors (Lipinski definition) is 0. The van der Waals surface area contributed by atoms with Gasteiger partial charge in [-0.3, -0.25) is 4.79 Å². The Bertz CT molecular complexity index is 658. The molecule has 0 spiro atoms. The summed E-state index contributed by atoms with van der Waals surface area (Å²) in [6.07, 6.45) is 0.892. The molecule has 0 fully saturated rings. The predicted molar refractivity (Wildman–Crippen MR) is 93.6 cm³/mol. The molecular weight excluding hydrogens is 330 g/mol. The van der Waals surface area contributed by atoms with E-state index in [0.29, 0.717) is 25.5 Å². The Morgan fingerprint density at radius 2 is 2.09 bits per heavy atom. The number of ether oxygens (including phenoxy) is 2. The summed E-state index contributed by atoms with van der Waals surface area (Å²) >= 11 is 3.20. The first-order valence-electron chi connectivity index (χ1n) is 7.51. The number of fused-ring (bicyclic) bond motifs is 1. The number of benzene rings is 1. The lowest BCUT2D eigenvalue weighted by Gasteiger charge is -2.16. The zero-order valence-corrected chi connectivity index (χ0v) is 14.6. The van der Waals surface area contributed by atoms with Gasteiger partial charge in [-0.1, -0.05) is 6.07 Å². The maximum atomic E-state index is 12.2. The summed E-state index contributed by atoms with van der Waals surface area (Å²) in [6, 6.07) is 9.90.